The molecule has 0 bridgehead atoms. The minimum atomic E-state index is 0.219. The smallest absolute Gasteiger partial charge is 0.129 e. The predicted molar refractivity (Wildman–Crippen MR) is 86.6 cm³/mol. The molecule has 0 saturated heterocycles. The maximum absolute atomic E-state index is 6.43. The molecule has 1 saturated carbocycles. The number of likely N-dealkylation sites (N-methyl/N-ethyl adjacent to an activating group) is 1. The van der Waals surface area contributed by atoms with Crippen molar-refractivity contribution in [2.24, 2.45) is 11.8 Å². The van der Waals surface area contributed by atoms with Crippen molar-refractivity contribution >= 4 is 10.9 Å². The number of nitrogens with zero attached hydrogens (tertiary/aromatic N) is 1. The standard InChI is InChI=1S/C18H24N2O/c1-12-10-13(2)18(16(11-12)19-3)21-17-8-4-7-15-14(17)6-5-9-20-15/h4-9,12-13,16,18-19H,10-11H2,1-3H3. The van der Waals surface area contributed by atoms with E-state index in [1.807, 2.05) is 31.4 Å². The van der Waals surface area contributed by atoms with Crippen molar-refractivity contribution in [2.45, 2.75) is 38.8 Å². The number of pyridine rings is 1. The molecule has 1 aliphatic carbocycles. The lowest BCUT2D eigenvalue weighted by atomic mass is 9.78. The molecule has 1 heterocycles. The lowest BCUT2D eigenvalue weighted by Crippen LogP contribution is -2.49. The summed E-state index contributed by atoms with van der Waals surface area (Å²) in [6.07, 6.45) is 4.45. The highest BCUT2D eigenvalue weighted by Crippen LogP contribution is 2.34. The highest BCUT2D eigenvalue weighted by molar-refractivity contribution is 5.84. The lowest BCUT2D eigenvalue weighted by molar-refractivity contribution is 0.0519. The molecule has 21 heavy (non-hydrogen) atoms. The van der Waals surface area contributed by atoms with Gasteiger partial charge in [0.2, 0.25) is 0 Å². The second kappa shape index (κ2) is 6.02. The number of hydrogen-bond acceptors (Lipinski definition) is 3. The molecule has 1 fully saturated rings. The number of hydrogen-bond donors (Lipinski definition) is 1. The Morgan fingerprint density at radius 2 is 2.00 bits per heavy atom. The van der Waals surface area contributed by atoms with Crippen molar-refractivity contribution in [3.8, 4) is 5.75 Å². The summed E-state index contributed by atoms with van der Waals surface area (Å²) >= 11 is 0. The Labute approximate surface area is 126 Å². The molecule has 0 aliphatic heterocycles. The summed E-state index contributed by atoms with van der Waals surface area (Å²) in [4.78, 5) is 4.41. The van der Waals surface area contributed by atoms with E-state index in [0.29, 0.717) is 12.0 Å². The fourth-order valence-corrected chi connectivity index (χ4v) is 3.63. The zero-order chi connectivity index (χ0) is 14.8. The third kappa shape index (κ3) is 2.88. The largest absolute Gasteiger partial charge is 0.488 e. The van der Waals surface area contributed by atoms with Gasteiger partial charge in [-0.05, 0) is 56.0 Å². The highest BCUT2D eigenvalue weighted by Gasteiger charge is 2.35. The summed E-state index contributed by atoms with van der Waals surface area (Å²) in [7, 11) is 2.04. The number of nitrogens with one attached hydrogen (secondary N) is 1. The molecule has 3 rings (SSSR count). The number of benzene rings is 1. The maximum atomic E-state index is 6.43. The monoisotopic (exact) mass is 284 g/mol. The van der Waals surface area contributed by atoms with Crippen LogP contribution in [0.3, 0.4) is 0 Å². The van der Waals surface area contributed by atoms with E-state index in [4.69, 9.17) is 4.74 Å². The molecule has 0 spiro atoms. The van der Waals surface area contributed by atoms with Gasteiger partial charge in [-0.1, -0.05) is 19.9 Å². The van der Waals surface area contributed by atoms with E-state index in [9.17, 15) is 0 Å². The first-order valence-electron chi connectivity index (χ1n) is 7.86. The molecule has 3 nitrogen and oxygen atoms in total. The number of rotatable bonds is 3. The summed E-state index contributed by atoms with van der Waals surface area (Å²) < 4.78 is 6.43. The van der Waals surface area contributed by atoms with Gasteiger partial charge in [0.05, 0.1) is 5.52 Å². The molecule has 1 aromatic heterocycles. The van der Waals surface area contributed by atoms with E-state index >= 15 is 0 Å². The first-order chi connectivity index (χ1) is 10.2. The van der Waals surface area contributed by atoms with Gasteiger partial charge in [0.1, 0.15) is 11.9 Å². The van der Waals surface area contributed by atoms with Gasteiger partial charge in [0.25, 0.3) is 0 Å². The first kappa shape index (κ1) is 14.3. The number of fused-ring (bicyclic) bond motifs is 1. The van der Waals surface area contributed by atoms with Gasteiger partial charge < -0.3 is 10.1 Å². The molecule has 1 aromatic carbocycles. The molecular formula is C18H24N2O. The minimum absolute atomic E-state index is 0.219. The van der Waals surface area contributed by atoms with Crippen LogP contribution in [-0.4, -0.2) is 24.2 Å². The molecule has 3 heteroatoms. The summed E-state index contributed by atoms with van der Waals surface area (Å²) in [6.45, 7) is 4.63. The number of ether oxygens (including phenoxy) is 1. The maximum Gasteiger partial charge on any atom is 0.129 e. The van der Waals surface area contributed by atoms with Crippen LogP contribution in [0.15, 0.2) is 36.5 Å². The second-order valence-electron chi connectivity index (χ2n) is 6.36. The van der Waals surface area contributed by atoms with Crippen LogP contribution in [0.1, 0.15) is 26.7 Å². The Hall–Kier alpha value is -1.61. The van der Waals surface area contributed by atoms with Crippen LogP contribution < -0.4 is 10.1 Å². The third-order valence-corrected chi connectivity index (χ3v) is 4.63. The molecule has 112 valence electrons. The van der Waals surface area contributed by atoms with Crippen LogP contribution in [0.5, 0.6) is 5.75 Å². The van der Waals surface area contributed by atoms with Crippen LogP contribution in [0, 0.1) is 11.8 Å². The molecule has 1 aliphatic rings. The van der Waals surface area contributed by atoms with Crippen molar-refractivity contribution in [1.29, 1.82) is 0 Å². The van der Waals surface area contributed by atoms with Gasteiger partial charge in [0.15, 0.2) is 0 Å². The van der Waals surface area contributed by atoms with E-state index in [0.717, 1.165) is 22.6 Å². The molecule has 0 amide bonds. The minimum Gasteiger partial charge on any atom is -0.488 e. The summed E-state index contributed by atoms with van der Waals surface area (Å²) in [5, 5.41) is 4.54. The van der Waals surface area contributed by atoms with Gasteiger partial charge in [-0.25, -0.2) is 0 Å². The van der Waals surface area contributed by atoms with Crippen molar-refractivity contribution < 1.29 is 4.74 Å². The van der Waals surface area contributed by atoms with Gasteiger partial charge in [-0.15, -0.1) is 0 Å². The van der Waals surface area contributed by atoms with E-state index < -0.39 is 0 Å². The zero-order valence-electron chi connectivity index (χ0n) is 13.0. The second-order valence-corrected chi connectivity index (χ2v) is 6.36. The Kier molecular flexibility index (Phi) is 4.11. The van der Waals surface area contributed by atoms with Crippen LogP contribution >= 0.6 is 0 Å². The highest BCUT2D eigenvalue weighted by atomic mass is 16.5. The molecule has 1 N–H and O–H groups in total. The topological polar surface area (TPSA) is 34.1 Å². The first-order valence-corrected chi connectivity index (χ1v) is 7.86. The van der Waals surface area contributed by atoms with Crippen LogP contribution in [-0.2, 0) is 0 Å². The van der Waals surface area contributed by atoms with Crippen molar-refractivity contribution in [1.82, 2.24) is 10.3 Å². The average molecular weight is 284 g/mol. The molecular weight excluding hydrogens is 260 g/mol. The van der Waals surface area contributed by atoms with Crippen molar-refractivity contribution in [2.75, 3.05) is 7.05 Å². The van der Waals surface area contributed by atoms with Crippen molar-refractivity contribution in [3.05, 3.63) is 36.5 Å². The van der Waals surface area contributed by atoms with Gasteiger partial charge in [0, 0.05) is 17.6 Å². The molecule has 0 radical (unpaired) electrons. The normalized spacial score (nSPS) is 29.5. The lowest BCUT2D eigenvalue weighted by Gasteiger charge is -2.39. The van der Waals surface area contributed by atoms with Gasteiger partial charge in [-0.2, -0.15) is 0 Å². The van der Waals surface area contributed by atoms with E-state index in [-0.39, 0.29) is 6.10 Å². The Balaban J connectivity index is 1.90. The summed E-state index contributed by atoms with van der Waals surface area (Å²) in [5.41, 5.74) is 0.993. The van der Waals surface area contributed by atoms with Crippen LogP contribution in [0.4, 0.5) is 0 Å². The fourth-order valence-electron chi connectivity index (χ4n) is 3.63. The van der Waals surface area contributed by atoms with Gasteiger partial charge >= 0.3 is 0 Å². The Morgan fingerprint density at radius 3 is 2.81 bits per heavy atom. The molecule has 4 unspecified atom stereocenters. The van der Waals surface area contributed by atoms with E-state index in [1.54, 1.807) is 0 Å². The Bertz CT molecular complexity index is 608. The van der Waals surface area contributed by atoms with Gasteiger partial charge in [-0.3, -0.25) is 4.98 Å². The van der Waals surface area contributed by atoms with Crippen LogP contribution in [0.2, 0.25) is 0 Å². The van der Waals surface area contributed by atoms with E-state index in [2.05, 4.69) is 36.3 Å². The number of aromatic nitrogens is 1. The summed E-state index contributed by atoms with van der Waals surface area (Å²) in [6, 6.07) is 10.6. The quantitative estimate of drug-likeness (QED) is 0.934. The fraction of sp³-hybridized carbons (Fsp3) is 0.500. The van der Waals surface area contributed by atoms with Crippen LogP contribution in [0.25, 0.3) is 10.9 Å². The van der Waals surface area contributed by atoms with E-state index in [1.165, 1.54) is 12.8 Å². The average Bonchev–Trinajstić information content (AvgIpc) is 2.50. The molecule has 4 atom stereocenters. The SMILES string of the molecule is CNC1CC(C)CC(C)C1Oc1cccc2ncccc12. The summed E-state index contributed by atoms with van der Waals surface area (Å²) in [5.74, 6) is 2.26. The Morgan fingerprint density at radius 1 is 1.14 bits per heavy atom. The zero-order valence-corrected chi connectivity index (χ0v) is 13.0. The predicted octanol–water partition coefficient (Wildman–Crippen LogP) is 3.64. The molecule has 2 aromatic rings. The third-order valence-electron chi connectivity index (χ3n) is 4.63. The van der Waals surface area contributed by atoms with Crippen molar-refractivity contribution in [3.63, 3.8) is 0 Å².